The van der Waals surface area contributed by atoms with Crippen molar-refractivity contribution in [2.24, 2.45) is 0 Å². The van der Waals surface area contributed by atoms with E-state index >= 15 is 0 Å². The molecule has 0 unspecified atom stereocenters. The van der Waals surface area contributed by atoms with Gasteiger partial charge in [0.05, 0.1) is 11.4 Å². The lowest BCUT2D eigenvalue weighted by Gasteiger charge is -2.21. The molecule has 6 nitrogen and oxygen atoms in total. The van der Waals surface area contributed by atoms with Crippen molar-refractivity contribution in [1.29, 1.82) is 0 Å². The van der Waals surface area contributed by atoms with Gasteiger partial charge in [-0.1, -0.05) is 48.0 Å². The monoisotopic (exact) mass is 452 g/mol. The standard InChI is InChI=1S/C23H17ClN2O4S/c24-18-8-6-7-17(15-18)16-26(21-11-4-5-14-25-21)23(27)20-12-13-22(30-20)31(28,29)19-9-2-1-3-10-19/h1-15H,16H2. The zero-order chi connectivity index (χ0) is 21.8. The Balaban J connectivity index is 1.68. The summed E-state index contributed by atoms with van der Waals surface area (Å²) in [6, 6.07) is 22.8. The maximum atomic E-state index is 13.3. The summed E-state index contributed by atoms with van der Waals surface area (Å²) in [4.78, 5) is 19.0. The van der Waals surface area contributed by atoms with Crippen molar-refractivity contribution in [2.45, 2.75) is 16.5 Å². The molecule has 2 aromatic carbocycles. The number of carbonyl (C=O) groups is 1. The number of aromatic nitrogens is 1. The molecule has 0 aliphatic carbocycles. The summed E-state index contributed by atoms with van der Waals surface area (Å²) in [6.07, 6.45) is 1.57. The number of hydrogen-bond donors (Lipinski definition) is 0. The van der Waals surface area contributed by atoms with Gasteiger partial charge in [-0.25, -0.2) is 13.4 Å². The molecular formula is C23H17ClN2O4S. The fourth-order valence-corrected chi connectivity index (χ4v) is 4.42. The van der Waals surface area contributed by atoms with Gasteiger partial charge in [0.25, 0.3) is 5.91 Å². The van der Waals surface area contributed by atoms with Gasteiger partial charge in [0.15, 0.2) is 5.76 Å². The lowest BCUT2D eigenvalue weighted by molar-refractivity contribution is 0.0952. The maximum absolute atomic E-state index is 13.3. The van der Waals surface area contributed by atoms with E-state index in [2.05, 4.69) is 4.98 Å². The van der Waals surface area contributed by atoms with Gasteiger partial charge in [0.2, 0.25) is 14.9 Å². The Labute approximate surface area is 184 Å². The largest absolute Gasteiger partial charge is 0.439 e. The normalized spacial score (nSPS) is 11.3. The van der Waals surface area contributed by atoms with Crippen LogP contribution in [0.4, 0.5) is 5.82 Å². The van der Waals surface area contributed by atoms with Crippen LogP contribution in [0.5, 0.6) is 0 Å². The summed E-state index contributed by atoms with van der Waals surface area (Å²) in [7, 11) is -3.88. The zero-order valence-corrected chi connectivity index (χ0v) is 17.8. The van der Waals surface area contributed by atoms with Gasteiger partial charge in [-0.2, -0.15) is 0 Å². The lowest BCUT2D eigenvalue weighted by Crippen LogP contribution is -2.30. The lowest BCUT2D eigenvalue weighted by atomic mass is 10.2. The maximum Gasteiger partial charge on any atom is 0.295 e. The predicted molar refractivity (Wildman–Crippen MR) is 117 cm³/mol. The number of carbonyl (C=O) groups excluding carboxylic acids is 1. The second-order valence-corrected chi connectivity index (χ2v) is 8.96. The van der Waals surface area contributed by atoms with Crippen LogP contribution in [0.1, 0.15) is 16.1 Å². The first kappa shape index (κ1) is 20.8. The molecule has 2 heterocycles. The summed E-state index contributed by atoms with van der Waals surface area (Å²) >= 11 is 6.08. The number of halogens is 1. The molecule has 8 heteroatoms. The number of pyridine rings is 1. The van der Waals surface area contributed by atoms with E-state index in [1.807, 2.05) is 6.07 Å². The van der Waals surface area contributed by atoms with E-state index < -0.39 is 15.7 Å². The Morgan fingerprint density at radius 3 is 2.42 bits per heavy atom. The highest BCUT2D eigenvalue weighted by Gasteiger charge is 2.27. The minimum absolute atomic E-state index is 0.0869. The van der Waals surface area contributed by atoms with Crippen molar-refractivity contribution in [1.82, 2.24) is 4.98 Å². The van der Waals surface area contributed by atoms with Crippen LogP contribution >= 0.6 is 11.6 Å². The molecule has 4 rings (SSSR count). The van der Waals surface area contributed by atoms with Gasteiger partial charge < -0.3 is 4.42 Å². The number of nitrogens with zero attached hydrogens (tertiary/aromatic N) is 2. The van der Waals surface area contributed by atoms with Crippen molar-refractivity contribution >= 4 is 33.2 Å². The van der Waals surface area contributed by atoms with Gasteiger partial charge in [0, 0.05) is 11.2 Å². The molecule has 0 aliphatic heterocycles. The Kier molecular flexibility index (Phi) is 5.88. The van der Waals surface area contributed by atoms with Gasteiger partial charge in [0.1, 0.15) is 5.82 Å². The second kappa shape index (κ2) is 8.75. The summed E-state index contributed by atoms with van der Waals surface area (Å²) in [6.45, 7) is 0.178. The molecule has 1 amide bonds. The molecular weight excluding hydrogens is 436 g/mol. The van der Waals surface area contributed by atoms with Crippen LogP contribution < -0.4 is 4.90 Å². The molecule has 0 saturated heterocycles. The molecule has 0 bridgehead atoms. The molecule has 4 aromatic rings. The number of rotatable bonds is 6. The fourth-order valence-electron chi connectivity index (χ4n) is 3.02. The molecule has 0 N–H and O–H groups in total. The quantitative estimate of drug-likeness (QED) is 0.411. The van der Waals surface area contributed by atoms with E-state index in [0.29, 0.717) is 10.8 Å². The van der Waals surface area contributed by atoms with E-state index in [-0.39, 0.29) is 22.3 Å². The van der Waals surface area contributed by atoms with Crippen molar-refractivity contribution in [3.63, 3.8) is 0 Å². The van der Waals surface area contributed by atoms with Crippen LogP contribution in [-0.4, -0.2) is 19.3 Å². The number of furan rings is 1. The van der Waals surface area contributed by atoms with Crippen LogP contribution in [0.15, 0.2) is 106 Å². The number of benzene rings is 2. The molecule has 0 fully saturated rings. The van der Waals surface area contributed by atoms with Gasteiger partial charge in [-0.05, 0) is 54.1 Å². The SMILES string of the molecule is O=C(c1ccc(S(=O)(=O)c2ccccc2)o1)N(Cc1cccc(Cl)c1)c1ccccn1. The molecule has 0 atom stereocenters. The van der Waals surface area contributed by atoms with E-state index in [0.717, 1.165) is 5.56 Å². The third kappa shape index (κ3) is 4.52. The topological polar surface area (TPSA) is 80.5 Å². The smallest absolute Gasteiger partial charge is 0.295 e. The third-order valence-electron chi connectivity index (χ3n) is 4.51. The highest BCUT2D eigenvalue weighted by molar-refractivity contribution is 7.91. The zero-order valence-electron chi connectivity index (χ0n) is 16.2. The Morgan fingerprint density at radius 1 is 0.935 bits per heavy atom. The fraction of sp³-hybridized carbons (Fsp3) is 0.0435. The first-order valence-electron chi connectivity index (χ1n) is 9.32. The minimum atomic E-state index is -3.88. The highest BCUT2D eigenvalue weighted by Crippen LogP contribution is 2.25. The molecule has 31 heavy (non-hydrogen) atoms. The van der Waals surface area contributed by atoms with Crippen molar-refractivity contribution < 1.29 is 17.6 Å². The van der Waals surface area contributed by atoms with Crippen molar-refractivity contribution in [3.8, 4) is 0 Å². The minimum Gasteiger partial charge on any atom is -0.439 e. The summed E-state index contributed by atoms with van der Waals surface area (Å²) in [5.74, 6) is -0.230. The van der Waals surface area contributed by atoms with Crippen LogP contribution in [0.25, 0.3) is 0 Å². The van der Waals surface area contributed by atoms with E-state index in [9.17, 15) is 13.2 Å². The average Bonchev–Trinajstić information content (AvgIpc) is 3.30. The second-order valence-electron chi connectivity index (χ2n) is 6.64. The molecule has 0 spiro atoms. The molecule has 156 valence electrons. The van der Waals surface area contributed by atoms with Gasteiger partial charge >= 0.3 is 0 Å². The number of amides is 1. The van der Waals surface area contributed by atoms with Crippen molar-refractivity contribution in [3.05, 3.63) is 107 Å². The summed E-state index contributed by atoms with van der Waals surface area (Å²) in [5, 5.41) is 0.242. The molecule has 0 aliphatic rings. The van der Waals surface area contributed by atoms with Gasteiger partial charge in [-0.3, -0.25) is 9.69 Å². The van der Waals surface area contributed by atoms with E-state index in [1.54, 1.807) is 60.8 Å². The highest BCUT2D eigenvalue weighted by atomic mass is 35.5. The van der Waals surface area contributed by atoms with E-state index in [1.165, 1.54) is 29.2 Å². The number of sulfone groups is 1. The Hall–Kier alpha value is -3.42. The Bertz CT molecular complexity index is 1310. The molecule has 0 radical (unpaired) electrons. The van der Waals surface area contributed by atoms with Gasteiger partial charge in [-0.15, -0.1) is 0 Å². The number of hydrogen-bond acceptors (Lipinski definition) is 5. The van der Waals surface area contributed by atoms with Crippen LogP contribution in [0.3, 0.4) is 0 Å². The van der Waals surface area contributed by atoms with Crippen LogP contribution in [0.2, 0.25) is 5.02 Å². The van der Waals surface area contributed by atoms with Crippen molar-refractivity contribution in [2.75, 3.05) is 4.90 Å². The third-order valence-corrected chi connectivity index (χ3v) is 6.39. The van der Waals surface area contributed by atoms with Crippen LogP contribution in [0, 0.1) is 0 Å². The van der Waals surface area contributed by atoms with E-state index in [4.69, 9.17) is 16.0 Å². The predicted octanol–water partition coefficient (Wildman–Crippen LogP) is 5.01. The van der Waals surface area contributed by atoms with Crippen LogP contribution in [-0.2, 0) is 16.4 Å². The Morgan fingerprint density at radius 2 is 1.71 bits per heavy atom. The average molecular weight is 453 g/mol. The summed E-state index contributed by atoms with van der Waals surface area (Å²) < 4.78 is 31.1. The number of anilines is 1. The molecule has 0 saturated carbocycles. The molecule has 2 aromatic heterocycles. The first-order valence-corrected chi connectivity index (χ1v) is 11.2. The first-order chi connectivity index (χ1) is 14.9. The summed E-state index contributed by atoms with van der Waals surface area (Å²) in [5.41, 5.74) is 0.787.